The number of thiocarbonyl (C=S) groups is 1. The Labute approximate surface area is 86.3 Å². The molecule has 0 amide bonds. The summed E-state index contributed by atoms with van der Waals surface area (Å²) in [5.41, 5.74) is 0. The van der Waals surface area contributed by atoms with Gasteiger partial charge in [-0.1, -0.05) is 36.8 Å². The van der Waals surface area contributed by atoms with E-state index in [2.05, 4.69) is 5.32 Å². The molecule has 0 aromatic heterocycles. The molecule has 1 atom stereocenters. The van der Waals surface area contributed by atoms with Crippen molar-refractivity contribution in [2.75, 3.05) is 0 Å². The average Bonchev–Trinajstić information content (AvgIpc) is 2.60. The molecule has 1 saturated carbocycles. The Kier molecular flexibility index (Phi) is 2.23. The summed E-state index contributed by atoms with van der Waals surface area (Å²) < 4.78 is 0.512. The van der Waals surface area contributed by atoms with Crippen LogP contribution in [0.4, 0.5) is 0 Å². The molecule has 72 valence electrons. The third-order valence-corrected chi connectivity index (χ3v) is 4.50. The highest BCUT2D eigenvalue weighted by Crippen LogP contribution is 2.48. The van der Waals surface area contributed by atoms with Gasteiger partial charge in [-0.2, -0.15) is 0 Å². The molecule has 0 aromatic carbocycles. The van der Waals surface area contributed by atoms with Crippen LogP contribution in [0.25, 0.3) is 0 Å². The lowest BCUT2D eigenvalue weighted by molar-refractivity contribution is -0.139. The van der Waals surface area contributed by atoms with Crippen LogP contribution in [-0.4, -0.2) is 26.2 Å². The lowest BCUT2D eigenvalue weighted by atomic mass is 9.97. The number of hydrogen-bond donors (Lipinski definition) is 2. The number of thioether (sulfide) groups is 1. The van der Waals surface area contributed by atoms with Gasteiger partial charge < -0.3 is 10.4 Å². The van der Waals surface area contributed by atoms with Gasteiger partial charge in [0.1, 0.15) is 10.4 Å². The van der Waals surface area contributed by atoms with Crippen molar-refractivity contribution in [1.82, 2.24) is 5.32 Å². The molecular formula is C8H11NO2S2. The van der Waals surface area contributed by atoms with Gasteiger partial charge in [-0.3, -0.25) is 0 Å². The highest BCUT2D eigenvalue weighted by molar-refractivity contribution is 8.24. The molecule has 0 radical (unpaired) electrons. The number of carboxylic acid groups (broad SMARTS) is 1. The molecule has 2 aliphatic rings. The van der Waals surface area contributed by atoms with Gasteiger partial charge in [-0.05, 0) is 12.8 Å². The number of carboxylic acids is 1. The summed E-state index contributed by atoms with van der Waals surface area (Å²) in [6.07, 6.45) is 4.20. The molecule has 1 unspecified atom stereocenters. The van der Waals surface area contributed by atoms with Crippen molar-refractivity contribution >= 4 is 34.3 Å². The highest BCUT2D eigenvalue weighted by atomic mass is 32.2. The maximum absolute atomic E-state index is 11.0. The summed E-state index contributed by atoms with van der Waals surface area (Å²) in [7, 11) is 0. The van der Waals surface area contributed by atoms with Crippen LogP contribution < -0.4 is 5.32 Å². The minimum atomic E-state index is -0.769. The normalized spacial score (nSPS) is 30.8. The number of aliphatic carboxylic acids is 1. The fraction of sp³-hybridized carbons (Fsp3) is 0.750. The second-order valence-corrected chi connectivity index (χ2v) is 5.67. The van der Waals surface area contributed by atoms with Crippen LogP contribution in [-0.2, 0) is 4.79 Å². The minimum Gasteiger partial charge on any atom is -0.480 e. The van der Waals surface area contributed by atoms with E-state index in [1.54, 1.807) is 11.8 Å². The van der Waals surface area contributed by atoms with E-state index in [1.807, 2.05) is 0 Å². The highest BCUT2D eigenvalue weighted by Gasteiger charge is 2.51. The first kappa shape index (κ1) is 9.27. The topological polar surface area (TPSA) is 49.3 Å². The Morgan fingerprint density at radius 3 is 2.77 bits per heavy atom. The third-order valence-electron chi connectivity index (χ3n) is 2.78. The number of carbonyl (C=O) groups is 1. The Hall–Kier alpha value is -0.290. The average molecular weight is 217 g/mol. The minimum absolute atomic E-state index is 0.136. The van der Waals surface area contributed by atoms with Crippen molar-refractivity contribution in [2.24, 2.45) is 0 Å². The molecule has 2 N–H and O–H groups in total. The summed E-state index contributed by atoms with van der Waals surface area (Å²) >= 11 is 6.56. The fourth-order valence-corrected chi connectivity index (χ4v) is 4.11. The Morgan fingerprint density at radius 1 is 1.62 bits per heavy atom. The van der Waals surface area contributed by atoms with Crippen LogP contribution >= 0.6 is 24.0 Å². The third kappa shape index (κ3) is 1.44. The van der Waals surface area contributed by atoms with E-state index in [-0.39, 0.29) is 4.75 Å². The van der Waals surface area contributed by atoms with E-state index >= 15 is 0 Å². The predicted octanol–water partition coefficient (Wildman–Crippen LogP) is 1.37. The second kappa shape index (κ2) is 3.13. The quantitative estimate of drug-likeness (QED) is 0.650. The first-order valence-electron chi connectivity index (χ1n) is 4.36. The van der Waals surface area contributed by atoms with Crippen molar-refractivity contribution in [3.63, 3.8) is 0 Å². The summed E-state index contributed by atoms with van der Waals surface area (Å²) in [6, 6.07) is -0.465. The fourth-order valence-electron chi connectivity index (χ4n) is 2.17. The van der Waals surface area contributed by atoms with Crippen LogP contribution in [0.15, 0.2) is 0 Å². The van der Waals surface area contributed by atoms with Gasteiger partial charge in [-0.15, -0.1) is 0 Å². The monoisotopic (exact) mass is 217 g/mol. The second-order valence-electron chi connectivity index (χ2n) is 3.58. The van der Waals surface area contributed by atoms with E-state index in [1.165, 1.54) is 0 Å². The van der Waals surface area contributed by atoms with E-state index in [0.29, 0.717) is 4.32 Å². The number of rotatable bonds is 1. The maximum atomic E-state index is 11.0. The van der Waals surface area contributed by atoms with Crippen molar-refractivity contribution in [2.45, 2.75) is 36.5 Å². The van der Waals surface area contributed by atoms with Crippen LogP contribution in [0.1, 0.15) is 25.7 Å². The van der Waals surface area contributed by atoms with Crippen molar-refractivity contribution in [1.29, 1.82) is 0 Å². The zero-order valence-electron chi connectivity index (χ0n) is 7.08. The zero-order chi connectivity index (χ0) is 9.47. The molecule has 13 heavy (non-hydrogen) atoms. The Balaban J connectivity index is 2.25. The predicted molar refractivity (Wildman–Crippen MR) is 55.9 cm³/mol. The molecule has 1 aliphatic heterocycles. The van der Waals surface area contributed by atoms with Gasteiger partial charge >= 0.3 is 5.97 Å². The van der Waals surface area contributed by atoms with Crippen LogP contribution in [0.3, 0.4) is 0 Å². The summed E-state index contributed by atoms with van der Waals surface area (Å²) in [6.45, 7) is 0. The van der Waals surface area contributed by atoms with Crippen LogP contribution in [0.2, 0.25) is 0 Å². The van der Waals surface area contributed by atoms with Crippen molar-refractivity contribution < 1.29 is 9.90 Å². The van der Waals surface area contributed by atoms with E-state index < -0.39 is 12.0 Å². The maximum Gasteiger partial charge on any atom is 0.327 e. The molecule has 0 bridgehead atoms. The van der Waals surface area contributed by atoms with Gasteiger partial charge in [0.15, 0.2) is 0 Å². The molecule has 2 fully saturated rings. The molecule has 1 saturated heterocycles. The lowest BCUT2D eigenvalue weighted by Gasteiger charge is -2.24. The number of hydrogen-bond acceptors (Lipinski definition) is 3. The lowest BCUT2D eigenvalue weighted by Crippen LogP contribution is -2.45. The van der Waals surface area contributed by atoms with Gasteiger partial charge in [0.05, 0.1) is 4.75 Å². The van der Waals surface area contributed by atoms with Crippen LogP contribution in [0, 0.1) is 0 Å². The van der Waals surface area contributed by atoms with E-state index in [4.69, 9.17) is 17.3 Å². The van der Waals surface area contributed by atoms with Crippen LogP contribution in [0.5, 0.6) is 0 Å². The SMILES string of the molecule is O=C(O)C1NC(=S)SC12CCCC2. The molecule has 1 spiro atoms. The molecule has 1 aliphatic carbocycles. The van der Waals surface area contributed by atoms with E-state index in [9.17, 15) is 4.79 Å². The van der Waals surface area contributed by atoms with Gasteiger partial charge in [0, 0.05) is 0 Å². The molecule has 0 aromatic rings. The number of nitrogens with one attached hydrogen (secondary N) is 1. The molecule has 1 heterocycles. The molecular weight excluding hydrogens is 206 g/mol. The van der Waals surface area contributed by atoms with Gasteiger partial charge in [0.2, 0.25) is 0 Å². The van der Waals surface area contributed by atoms with Gasteiger partial charge in [0.25, 0.3) is 0 Å². The van der Waals surface area contributed by atoms with Crippen molar-refractivity contribution in [3.05, 3.63) is 0 Å². The Bertz CT molecular complexity index is 261. The van der Waals surface area contributed by atoms with Gasteiger partial charge in [-0.25, -0.2) is 4.79 Å². The van der Waals surface area contributed by atoms with Crippen molar-refractivity contribution in [3.8, 4) is 0 Å². The Morgan fingerprint density at radius 2 is 2.23 bits per heavy atom. The summed E-state index contributed by atoms with van der Waals surface area (Å²) in [5.74, 6) is -0.769. The summed E-state index contributed by atoms with van der Waals surface area (Å²) in [5, 5.41) is 11.9. The van der Waals surface area contributed by atoms with E-state index in [0.717, 1.165) is 25.7 Å². The zero-order valence-corrected chi connectivity index (χ0v) is 8.71. The smallest absolute Gasteiger partial charge is 0.327 e. The molecule has 2 rings (SSSR count). The first-order chi connectivity index (χ1) is 6.14. The molecule has 3 nitrogen and oxygen atoms in total. The largest absolute Gasteiger partial charge is 0.480 e. The summed E-state index contributed by atoms with van der Waals surface area (Å²) in [4.78, 5) is 11.0. The first-order valence-corrected chi connectivity index (χ1v) is 5.59. The standard InChI is InChI=1S/C8H11NO2S2/c10-6(11)5-8(3-1-2-4-8)13-7(12)9-5/h5H,1-4H2,(H,9,12)(H,10,11). The molecule has 5 heteroatoms.